The summed E-state index contributed by atoms with van der Waals surface area (Å²) in [5.41, 5.74) is 6.63. The van der Waals surface area contributed by atoms with Gasteiger partial charge in [0, 0.05) is 71.0 Å². The minimum Gasteiger partial charge on any atom is -0.337 e. The number of nitrogens with zero attached hydrogens (tertiary/aromatic N) is 7. The van der Waals surface area contributed by atoms with Gasteiger partial charge in [-0.3, -0.25) is 4.79 Å². The number of rotatable bonds is 10. The van der Waals surface area contributed by atoms with Gasteiger partial charge in [0.2, 0.25) is 5.91 Å². The van der Waals surface area contributed by atoms with Gasteiger partial charge in [-0.25, -0.2) is 14.1 Å². The molecule has 6 aromatic rings. The Hall–Kier alpha value is -4.82. The number of carbonyl (C=O) groups is 1. The van der Waals surface area contributed by atoms with Gasteiger partial charge in [-0.1, -0.05) is 70.9 Å². The van der Waals surface area contributed by atoms with Gasteiger partial charge >= 0.3 is 0 Å². The van der Waals surface area contributed by atoms with Crippen LogP contribution in [0.5, 0.6) is 0 Å². The molecule has 56 heavy (non-hydrogen) atoms. The third-order valence-corrected chi connectivity index (χ3v) is 13.5. The Morgan fingerprint density at radius 2 is 1.88 bits per heavy atom. The van der Waals surface area contributed by atoms with Gasteiger partial charge in [0.25, 0.3) is 0 Å². The Kier molecular flexibility index (Phi) is 8.88. The summed E-state index contributed by atoms with van der Waals surface area (Å²) >= 11 is 13.2. The highest BCUT2D eigenvalue weighted by molar-refractivity contribution is 6.43. The molecule has 2 aliphatic carbocycles. The molecule has 11 rings (SSSR count). The van der Waals surface area contributed by atoms with Crippen LogP contribution in [0.25, 0.3) is 32.9 Å². The second-order valence-corrected chi connectivity index (χ2v) is 16.9. The number of likely N-dealkylation sites (tertiary alicyclic amines) is 1. The SMILES string of the molecule is Cc1nc2c(F)c(-c3cccc(Cl)c3Cl)c(CCC#N)cc2c2c1cc([C@H]1C[C@H](n3cc(CCc4ccccc4)nn3)CN1C(=O)C1CC1)n2[C@H]1[C@H]2CN[C@@H]1C2. The van der Waals surface area contributed by atoms with E-state index in [9.17, 15) is 10.1 Å². The fraction of sp³-hybridized carbons (Fsp3) is 0.386. The summed E-state index contributed by atoms with van der Waals surface area (Å²) in [6.45, 7) is 3.40. The van der Waals surface area contributed by atoms with Crippen LogP contribution in [-0.2, 0) is 24.1 Å². The fourth-order valence-electron chi connectivity index (χ4n) is 9.72. The molecule has 2 saturated carbocycles. The molecule has 9 nitrogen and oxygen atoms in total. The number of benzene rings is 3. The average Bonchev–Trinajstić information content (AvgIpc) is 3.69. The van der Waals surface area contributed by atoms with Crippen molar-refractivity contribution in [3.63, 3.8) is 0 Å². The van der Waals surface area contributed by atoms with E-state index in [1.807, 2.05) is 23.7 Å². The van der Waals surface area contributed by atoms with Crippen LogP contribution in [0.1, 0.15) is 78.4 Å². The summed E-state index contributed by atoms with van der Waals surface area (Å²) in [6, 6.07) is 22.3. The van der Waals surface area contributed by atoms with Crippen molar-refractivity contribution in [2.45, 2.75) is 82.5 Å². The Balaban J connectivity index is 1.12. The molecule has 3 saturated heterocycles. The van der Waals surface area contributed by atoms with E-state index in [-0.39, 0.29) is 53.0 Å². The van der Waals surface area contributed by atoms with Gasteiger partial charge in [0.15, 0.2) is 5.82 Å². The maximum Gasteiger partial charge on any atom is 0.226 e. The van der Waals surface area contributed by atoms with E-state index in [2.05, 4.69) is 67.7 Å². The second-order valence-electron chi connectivity index (χ2n) is 16.1. The Morgan fingerprint density at radius 3 is 2.62 bits per heavy atom. The highest BCUT2D eigenvalue weighted by atomic mass is 35.5. The topological polar surface area (TPSA) is 105 Å². The largest absolute Gasteiger partial charge is 0.337 e. The molecule has 5 fully saturated rings. The van der Waals surface area contributed by atoms with E-state index in [1.54, 1.807) is 18.2 Å². The van der Waals surface area contributed by atoms with Crippen LogP contribution in [0, 0.1) is 35.9 Å². The molecule has 3 aromatic heterocycles. The number of hydrogen-bond acceptors (Lipinski definition) is 6. The molecule has 0 spiro atoms. The molecule has 0 radical (unpaired) electrons. The number of halogens is 3. The van der Waals surface area contributed by atoms with Crippen molar-refractivity contribution < 1.29 is 9.18 Å². The summed E-state index contributed by atoms with van der Waals surface area (Å²) in [5.74, 6) is 0.179. The molecule has 3 aliphatic heterocycles. The monoisotopic (exact) mass is 786 g/mol. The lowest BCUT2D eigenvalue weighted by atomic mass is 9.79. The van der Waals surface area contributed by atoms with Crippen molar-refractivity contribution in [3.8, 4) is 17.2 Å². The molecule has 1 N–H and O–H groups in total. The number of aromatic nitrogens is 5. The van der Waals surface area contributed by atoms with Crippen LogP contribution in [-0.4, -0.2) is 54.5 Å². The zero-order chi connectivity index (χ0) is 38.2. The number of pyridine rings is 1. The van der Waals surface area contributed by atoms with Gasteiger partial charge < -0.3 is 14.8 Å². The van der Waals surface area contributed by atoms with Gasteiger partial charge in [-0.15, -0.1) is 5.10 Å². The standard InChI is InChI=1S/C44H41Cl2FN8O/c1-24-32-20-37(36-19-30(23-53(36)44(56)26-13-14-26)54-22-29(51-52-54)15-12-25-7-3-2-4-8-25)55(42-28-18-35(42)49-21-28)43(32)33-17-27(9-6-16-48)38(40(47)41(33)50-24)31-10-5-11-34(45)39(31)46/h2-5,7-8,10-11,17,20,22,26,28,30,35-36,42,49H,6,9,12-15,18-19,21,23H2,1H3/t28-,30+,35-,36-,42+/m1/s1. The summed E-state index contributed by atoms with van der Waals surface area (Å²) in [5, 5.41) is 24.8. The summed E-state index contributed by atoms with van der Waals surface area (Å²) in [6.07, 6.45) is 7.85. The van der Waals surface area contributed by atoms with Crippen molar-refractivity contribution in [3.05, 3.63) is 111 Å². The molecule has 1 amide bonds. The Bertz CT molecular complexity index is 2560. The zero-order valence-electron chi connectivity index (χ0n) is 31.1. The van der Waals surface area contributed by atoms with Crippen LogP contribution < -0.4 is 5.32 Å². The van der Waals surface area contributed by atoms with E-state index in [1.165, 1.54) is 5.56 Å². The predicted octanol–water partition coefficient (Wildman–Crippen LogP) is 8.90. The van der Waals surface area contributed by atoms with Crippen LogP contribution in [0.15, 0.2) is 66.9 Å². The predicted molar refractivity (Wildman–Crippen MR) is 215 cm³/mol. The molecule has 3 aromatic carbocycles. The molecule has 12 heteroatoms. The Morgan fingerprint density at radius 1 is 1.04 bits per heavy atom. The van der Waals surface area contributed by atoms with Gasteiger partial charge in [-0.2, -0.15) is 5.26 Å². The van der Waals surface area contributed by atoms with Gasteiger partial charge in [0.1, 0.15) is 5.52 Å². The second kappa shape index (κ2) is 14.0. The van der Waals surface area contributed by atoms with E-state index < -0.39 is 5.82 Å². The van der Waals surface area contributed by atoms with E-state index in [0.29, 0.717) is 58.1 Å². The Labute approximate surface area is 334 Å². The highest BCUT2D eigenvalue weighted by Crippen LogP contribution is 2.52. The normalized spacial score (nSPS) is 22.9. The minimum absolute atomic E-state index is 0.0422. The molecule has 284 valence electrons. The molecule has 5 atom stereocenters. The molecular weight excluding hydrogens is 746 g/mol. The third-order valence-electron chi connectivity index (χ3n) is 12.7. The third kappa shape index (κ3) is 5.89. The van der Waals surface area contributed by atoms with Crippen LogP contribution >= 0.6 is 23.2 Å². The lowest BCUT2D eigenvalue weighted by Gasteiger charge is -2.39. The lowest BCUT2D eigenvalue weighted by Crippen LogP contribution is -2.41. The molecule has 5 aliphatic rings. The first-order valence-electron chi connectivity index (χ1n) is 19.7. The first-order chi connectivity index (χ1) is 27.3. The quantitative estimate of drug-likeness (QED) is 0.149. The molecule has 6 heterocycles. The van der Waals surface area contributed by atoms with Gasteiger partial charge in [0.05, 0.1) is 45.5 Å². The fourth-order valence-corrected chi connectivity index (χ4v) is 10.1. The maximum absolute atomic E-state index is 17.3. The van der Waals surface area contributed by atoms with Crippen LogP contribution in [0.4, 0.5) is 4.39 Å². The number of hydrogen-bond donors (Lipinski definition) is 1. The highest BCUT2D eigenvalue weighted by Gasteiger charge is 2.51. The van der Waals surface area contributed by atoms with E-state index in [4.69, 9.17) is 28.2 Å². The van der Waals surface area contributed by atoms with Crippen molar-refractivity contribution in [2.24, 2.45) is 11.8 Å². The van der Waals surface area contributed by atoms with Crippen molar-refractivity contribution in [1.29, 1.82) is 5.26 Å². The molecule has 0 unspecified atom stereocenters. The smallest absolute Gasteiger partial charge is 0.226 e. The van der Waals surface area contributed by atoms with E-state index >= 15 is 4.39 Å². The first-order valence-corrected chi connectivity index (χ1v) is 20.5. The summed E-state index contributed by atoms with van der Waals surface area (Å²) in [7, 11) is 0. The number of amides is 1. The van der Waals surface area contributed by atoms with Gasteiger partial charge in [-0.05, 0) is 87.1 Å². The number of aryl methyl sites for hydroxylation is 4. The van der Waals surface area contributed by atoms with Crippen LogP contribution in [0.3, 0.4) is 0 Å². The van der Waals surface area contributed by atoms with Crippen molar-refractivity contribution in [2.75, 3.05) is 13.1 Å². The maximum atomic E-state index is 17.3. The number of nitriles is 1. The summed E-state index contributed by atoms with van der Waals surface area (Å²) < 4.78 is 21.7. The summed E-state index contributed by atoms with van der Waals surface area (Å²) in [4.78, 5) is 21.2. The first kappa shape index (κ1) is 35.6. The van der Waals surface area contributed by atoms with E-state index in [0.717, 1.165) is 60.9 Å². The lowest BCUT2D eigenvalue weighted by molar-refractivity contribution is -0.133. The number of nitrogens with one attached hydrogen (secondary N) is 1. The number of carbonyl (C=O) groups excluding carboxylic acids is 1. The van der Waals surface area contributed by atoms with Crippen molar-refractivity contribution in [1.82, 2.24) is 34.8 Å². The minimum atomic E-state index is -0.477. The zero-order valence-corrected chi connectivity index (χ0v) is 32.6. The van der Waals surface area contributed by atoms with Crippen molar-refractivity contribution >= 4 is 50.9 Å². The average molecular weight is 788 g/mol. The number of fused-ring (bicyclic) bond motifs is 4. The molecule has 2 bridgehead atoms. The van der Waals surface area contributed by atoms with Crippen LogP contribution in [0.2, 0.25) is 10.0 Å². The molecular formula is C44H41Cl2FN8O.